The summed E-state index contributed by atoms with van der Waals surface area (Å²) in [5.74, 6) is 1.46. The number of ether oxygens (including phenoxy) is 1. The van der Waals surface area contributed by atoms with Gasteiger partial charge < -0.3 is 15.4 Å². The van der Waals surface area contributed by atoms with Gasteiger partial charge in [-0.3, -0.25) is 0 Å². The van der Waals surface area contributed by atoms with E-state index in [4.69, 9.17) is 9.72 Å². The van der Waals surface area contributed by atoms with Gasteiger partial charge in [0, 0.05) is 30.9 Å². The summed E-state index contributed by atoms with van der Waals surface area (Å²) in [6, 6.07) is 6.84. The zero-order valence-corrected chi connectivity index (χ0v) is 19.6. The number of hydrogen-bond acceptors (Lipinski definition) is 9. The van der Waals surface area contributed by atoms with Crippen LogP contribution in [0.25, 0.3) is 22.3 Å². The first-order valence-corrected chi connectivity index (χ1v) is 11.5. The predicted molar refractivity (Wildman–Crippen MR) is 133 cm³/mol. The van der Waals surface area contributed by atoms with E-state index in [1.54, 1.807) is 35.1 Å². The molecule has 0 fully saturated rings. The first kappa shape index (κ1) is 22.0. The normalized spacial score (nSPS) is 15.8. The van der Waals surface area contributed by atoms with E-state index in [0.717, 1.165) is 24.1 Å². The van der Waals surface area contributed by atoms with Crippen LogP contribution in [0.5, 0.6) is 11.5 Å². The molecule has 0 saturated heterocycles. The van der Waals surface area contributed by atoms with Crippen LogP contribution in [0.3, 0.4) is 0 Å². The van der Waals surface area contributed by atoms with Crippen molar-refractivity contribution in [1.29, 1.82) is 0 Å². The van der Waals surface area contributed by atoms with Gasteiger partial charge in [0.25, 0.3) is 0 Å². The summed E-state index contributed by atoms with van der Waals surface area (Å²) >= 11 is 0. The molecule has 1 aromatic carbocycles. The van der Waals surface area contributed by atoms with Crippen LogP contribution < -0.4 is 15.4 Å². The Hall–Kier alpha value is -4.51. The molecule has 0 aliphatic carbocycles. The molecule has 6 rings (SSSR count). The van der Waals surface area contributed by atoms with Crippen LogP contribution in [-0.2, 0) is 0 Å². The van der Waals surface area contributed by atoms with Gasteiger partial charge in [-0.1, -0.05) is 6.08 Å². The highest BCUT2D eigenvalue weighted by Crippen LogP contribution is 2.32. The fraction of sp³-hybridized carbons (Fsp3) is 0.200. The quantitative estimate of drug-likeness (QED) is 0.379. The van der Waals surface area contributed by atoms with Crippen molar-refractivity contribution in [3.63, 3.8) is 0 Å². The fourth-order valence-electron chi connectivity index (χ4n) is 4.14. The molecule has 0 amide bonds. The second-order valence-electron chi connectivity index (χ2n) is 8.64. The van der Waals surface area contributed by atoms with Crippen LogP contribution in [0.1, 0.15) is 24.7 Å². The van der Waals surface area contributed by atoms with Crippen LogP contribution in [-0.4, -0.2) is 47.1 Å². The summed E-state index contributed by atoms with van der Waals surface area (Å²) in [5.41, 5.74) is 3.78. The van der Waals surface area contributed by atoms with Gasteiger partial charge >= 0.3 is 0 Å². The molecule has 5 aromatic rings. The summed E-state index contributed by atoms with van der Waals surface area (Å²) < 4.78 is 22.7. The molecule has 36 heavy (non-hydrogen) atoms. The van der Waals surface area contributed by atoms with Gasteiger partial charge in [0.2, 0.25) is 0 Å². The Kier molecular flexibility index (Phi) is 5.45. The van der Waals surface area contributed by atoms with Crippen molar-refractivity contribution < 1.29 is 9.13 Å². The average molecular weight is 484 g/mol. The van der Waals surface area contributed by atoms with Gasteiger partial charge in [-0.05, 0) is 43.5 Å². The molecule has 0 unspecified atom stereocenters. The predicted octanol–water partition coefficient (Wildman–Crippen LogP) is 4.21. The largest absolute Gasteiger partial charge is 0.457 e. The van der Waals surface area contributed by atoms with Gasteiger partial charge in [0.15, 0.2) is 17.3 Å². The van der Waals surface area contributed by atoms with E-state index in [1.807, 2.05) is 6.92 Å². The molecule has 11 heteroatoms. The maximum atomic E-state index is 15.2. The van der Waals surface area contributed by atoms with Gasteiger partial charge in [0.05, 0.1) is 11.9 Å². The van der Waals surface area contributed by atoms with Crippen molar-refractivity contribution in [3.05, 3.63) is 72.6 Å². The lowest BCUT2D eigenvalue weighted by atomic mass is 10.0. The van der Waals surface area contributed by atoms with Gasteiger partial charge in [-0.25, -0.2) is 33.8 Å². The second kappa shape index (κ2) is 8.93. The molecule has 1 aliphatic heterocycles. The highest BCUT2D eigenvalue weighted by Gasteiger charge is 2.17. The third-order valence-corrected chi connectivity index (χ3v) is 6.00. The minimum Gasteiger partial charge on any atom is -0.457 e. The Balaban J connectivity index is 1.30. The summed E-state index contributed by atoms with van der Waals surface area (Å²) in [5, 5.41) is 10.5. The number of nitrogens with one attached hydrogen (secondary N) is 2. The Bertz CT molecular complexity index is 1630. The van der Waals surface area contributed by atoms with Gasteiger partial charge in [-0.2, -0.15) is 5.10 Å². The summed E-state index contributed by atoms with van der Waals surface area (Å²) in [4.78, 5) is 22.0. The summed E-state index contributed by atoms with van der Waals surface area (Å²) in [6.07, 6.45) is 9.17. The average Bonchev–Trinajstić information content (AvgIpc) is 3.35. The number of aromatic nitrogens is 7. The number of nitrogens with zero attached hydrogens (tertiary/aromatic N) is 7. The zero-order chi connectivity index (χ0) is 24.6. The maximum absolute atomic E-state index is 15.2. The Morgan fingerprint density at radius 2 is 2.06 bits per heavy atom. The highest BCUT2D eigenvalue weighted by atomic mass is 19.1. The molecule has 0 radical (unpaired) electrons. The number of hydrogen-bond donors (Lipinski definition) is 2. The monoisotopic (exact) mass is 483 g/mol. The van der Waals surface area contributed by atoms with E-state index in [9.17, 15) is 0 Å². The molecule has 0 saturated carbocycles. The maximum Gasteiger partial charge on any atom is 0.160 e. The molecule has 4 aromatic heterocycles. The zero-order valence-electron chi connectivity index (χ0n) is 19.6. The topological polar surface area (TPSA) is 115 Å². The van der Waals surface area contributed by atoms with E-state index in [1.165, 1.54) is 18.7 Å². The third kappa shape index (κ3) is 4.20. The van der Waals surface area contributed by atoms with Crippen LogP contribution in [0, 0.1) is 12.7 Å². The first-order valence-electron chi connectivity index (χ1n) is 11.5. The molecule has 1 aliphatic rings. The lowest BCUT2D eigenvalue weighted by molar-refractivity contribution is 0.473. The SMILES string of the molecule is Cc1cc(Nc2ncnc3cnc(C4=CCN[C@@H](C)C4)nc23)c(F)cc1Oc1ccn2ncnc2c1. The van der Waals surface area contributed by atoms with Crippen molar-refractivity contribution in [2.45, 2.75) is 26.3 Å². The van der Waals surface area contributed by atoms with Crippen molar-refractivity contribution in [3.8, 4) is 11.5 Å². The molecular formula is C25H22FN9O. The minimum atomic E-state index is -0.491. The molecule has 10 nitrogen and oxygen atoms in total. The molecule has 5 heterocycles. The smallest absolute Gasteiger partial charge is 0.160 e. The Morgan fingerprint density at radius 3 is 2.94 bits per heavy atom. The third-order valence-electron chi connectivity index (χ3n) is 6.00. The van der Waals surface area contributed by atoms with Crippen LogP contribution >= 0.6 is 0 Å². The summed E-state index contributed by atoms with van der Waals surface area (Å²) in [7, 11) is 0. The number of halogens is 1. The lowest BCUT2D eigenvalue weighted by Crippen LogP contribution is -2.30. The minimum absolute atomic E-state index is 0.252. The van der Waals surface area contributed by atoms with Crippen LogP contribution in [0.4, 0.5) is 15.9 Å². The first-order chi connectivity index (χ1) is 17.5. The van der Waals surface area contributed by atoms with Crippen molar-refractivity contribution in [2.24, 2.45) is 0 Å². The van der Waals surface area contributed by atoms with Gasteiger partial charge in [0.1, 0.15) is 41.0 Å². The second-order valence-corrected chi connectivity index (χ2v) is 8.64. The van der Waals surface area contributed by atoms with Crippen molar-refractivity contribution in [2.75, 3.05) is 11.9 Å². The van der Waals surface area contributed by atoms with E-state index in [0.29, 0.717) is 45.9 Å². The molecular weight excluding hydrogens is 461 g/mol. The molecule has 1 atom stereocenters. The molecule has 2 N–H and O–H groups in total. The van der Waals surface area contributed by atoms with Crippen molar-refractivity contribution >= 4 is 33.8 Å². The number of pyridine rings is 1. The number of fused-ring (bicyclic) bond motifs is 2. The van der Waals surface area contributed by atoms with E-state index in [2.05, 4.69) is 48.7 Å². The molecule has 0 spiro atoms. The Morgan fingerprint density at radius 1 is 1.14 bits per heavy atom. The molecule has 180 valence electrons. The lowest BCUT2D eigenvalue weighted by Gasteiger charge is -2.20. The van der Waals surface area contributed by atoms with Crippen molar-refractivity contribution in [1.82, 2.24) is 39.9 Å². The fourth-order valence-corrected chi connectivity index (χ4v) is 4.14. The Labute approximate surface area is 205 Å². The van der Waals surface area contributed by atoms with E-state index in [-0.39, 0.29) is 5.69 Å². The highest BCUT2D eigenvalue weighted by molar-refractivity contribution is 5.87. The van der Waals surface area contributed by atoms with E-state index >= 15 is 4.39 Å². The van der Waals surface area contributed by atoms with Crippen LogP contribution in [0.15, 0.2) is 55.4 Å². The van der Waals surface area contributed by atoms with Crippen LogP contribution in [0.2, 0.25) is 0 Å². The number of rotatable bonds is 5. The standard InChI is InChI=1S/C25H22FN9O/c1-14-7-19(18(26)10-21(14)36-17-4-6-35-22(9-17)30-13-32-35)33-25-23-20(29-12-31-25)11-28-24(34-23)16-3-5-27-15(2)8-16/h3-4,6-7,9-13,15,27H,5,8H2,1-2H3,(H,29,31,33)/t15-/m0/s1. The van der Waals surface area contributed by atoms with E-state index < -0.39 is 5.82 Å². The number of aryl methyl sites for hydroxylation is 1. The summed E-state index contributed by atoms with van der Waals surface area (Å²) in [6.45, 7) is 4.73. The number of anilines is 2. The number of benzene rings is 1. The molecule has 0 bridgehead atoms. The van der Waals surface area contributed by atoms with Gasteiger partial charge in [-0.15, -0.1) is 0 Å².